The first-order valence-corrected chi connectivity index (χ1v) is 7.50. The van der Waals surface area contributed by atoms with Crippen LogP contribution < -0.4 is 0 Å². The minimum atomic E-state index is 0.200. The van der Waals surface area contributed by atoms with Crippen LogP contribution in [-0.4, -0.2) is 20.5 Å². The molecule has 1 atom stereocenters. The van der Waals surface area contributed by atoms with Crippen molar-refractivity contribution in [2.24, 2.45) is 5.92 Å². The Kier molecular flexibility index (Phi) is 2.50. The molecule has 1 aromatic carbocycles. The number of hydrogen-bond donors (Lipinski definition) is 0. The average Bonchev–Trinajstić information content (AvgIpc) is 3.00. The highest BCUT2D eigenvalue weighted by molar-refractivity contribution is 7.20. The normalized spacial score (nSPS) is 18.4. The molecule has 2 heterocycles. The third kappa shape index (κ3) is 1.70. The van der Waals surface area contributed by atoms with Crippen molar-refractivity contribution >= 4 is 27.3 Å². The lowest BCUT2D eigenvalue weighted by molar-refractivity contribution is 0.0953. The maximum Gasteiger partial charge on any atom is 0.211 e. The molecule has 1 aliphatic rings. The Balaban J connectivity index is 1.89. The SMILES string of the molecule is C[C@H]1CC(=O)c2cnn(-c3nc4ccccc4s3)c2C1. The lowest BCUT2D eigenvalue weighted by Gasteiger charge is -2.17. The molecule has 0 aliphatic heterocycles. The molecule has 0 spiro atoms. The topological polar surface area (TPSA) is 47.8 Å². The van der Waals surface area contributed by atoms with E-state index in [1.807, 2.05) is 22.9 Å². The maximum absolute atomic E-state index is 12.0. The van der Waals surface area contributed by atoms with Crippen LogP contribution in [0.1, 0.15) is 29.4 Å². The Morgan fingerprint density at radius 1 is 1.30 bits per heavy atom. The number of thiazole rings is 1. The molecule has 4 rings (SSSR count). The van der Waals surface area contributed by atoms with Gasteiger partial charge in [0, 0.05) is 6.42 Å². The van der Waals surface area contributed by atoms with E-state index < -0.39 is 0 Å². The van der Waals surface area contributed by atoms with Gasteiger partial charge < -0.3 is 0 Å². The first kappa shape index (κ1) is 11.8. The number of nitrogens with zero attached hydrogens (tertiary/aromatic N) is 3. The molecule has 100 valence electrons. The molecule has 20 heavy (non-hydrogen) atoms. The first-order chi connectivity index (χ1) is 9.72. The van der Waals surface area contributed by atoms with Crippen LogP contribution >= 0.6 is 11.3 Å². The molecule has 3 aromatic rings. The number of ketones is 1. The minimum Gasteiger partial charge on any atom is -0.294 e. The van der Waals surface area contributed by atoms with Gasteiger partial charge in [-0.3, -0.25) is 4.79 Å². The average molecular weight is 283 g/mol. The van der Waals surface area contributed by atoms with Crippen molar-refractivity contribution in [1.82, 2.24) is 14.8 Å². The van der Waals surface area contributed by atoms with Crippen LogP contribution in [0.15, 0.2) is 30.5 Å². The Hall–Kier alpha value is -2.01. The van der Waals surface area contributed by atoms with E-state index in [4.69, 9.17) is 0 Å². The van der Waals surface area contributed by atoms with Crippen LogP contribution in [0.3, 0.4) is 0 Å². The maximum atomic E-state index is 12.0. The predicted molar refractivity (Wildman–Crippen MR) is 78.6 cm³/mol. The number of para-hydroxylation sites is 1. The van der Waals surface area contributed by atoms with Gasteiger partial charge in [0.25, 0.3) is 0 Å². The second-order valence-corrected chi connectivity index (χ2v) is 6.33. The van der Waals surface area contributed by atoms with E-state index in [9.17, 15) is 4.79 Å². The summed E-state index contributed by atoms with van der Waals surface area (Å²) >= 11 is 1.61. The van der Waals surface area contributed by atoms with Crippen LogP contribution in [0.5, 0.6) is 0 Å². The van der Waals surface area contributed by atoms with Gasteiger partial charge in [0.1, 0.15) is 0 Å². The summed E-state index contributed by atoms with van der Waals surface area (Å²) in [5, 5.41) is 5.23. The second-order valence-electron chi connectivity index (χ2n) is 5.32. The minimum absolute atomic E-state index is 0.200. The van der Waals surface area contributed by atoms with Crippen molar-refractivity contribution in [2.45, 2.75) is 19.8 Å². The van der Waals surface area contributed by atoms with Crippen LogP contribution in [-0.2, 0) is 6.42 Å². The van der Waals surface area contributed by atoms with Crippen LogP contribution in [0.2, 0.25) is 0 Å². The molecule has 0 saturated carbocycles. The summed E-state index contributed by atoms with van der Waals surface area (Å²) in [6, 6.07) is 8.05. The van der Waals surface area contributed by atoms with E-state index in [2.05, 4.69) is 23.1 Å². The van der Waals surface area contributed by atoms with Gasteiger partial charge in [0.2, 0.25) is 5.13 Å². The van der Waals surface area contributed by atoms with Crippen LogP contribution in [0.25, 0.3) is 15.3 Å². The number of hydrogen-bond acceptors (Lipinski definition) is 4. The lowest BCUT2D eigenvalue weighted by Crippen LogP contribution is -2.19. The van der Waals surface area contributed by atoms with Gasteiger partial charge in [-0.1, -0.05) is 30.4 Å². The predicted octanol–water partition coefficient (Wildman–Crippen LogP) is 3.25. The fourth-order valence-electron chi connectivity index (χ4n) is 2.75. The monoisotopic (exact) mass is 283 g/mol. The zero-order valence-corrected chi connectivity index (χ0v) is 11.9. The van der Waals surface area contributed by atoms with Crippen molar-refractivity contribution in [2.75, 3.05) is 0 Å². The van der Waals surface area contributed by atoms with Crippen molar-refractivity contribution < 1.29 is 4.79 Å². The summed E-state index contributed by atoms with van der Waals surface area (Å²) in [5.74, 6) is 0.575. The number of Topliss-reactive ketones (excluding diaryl/α,β-unsaturated/α-hetero) is 1. The summed E-state index contributed by atoms with van der Waals surface area (Å²) in [4.78, 5) is 16.7. The van der Waals surface area contributed by atoms with Gasteiger partial charge in [0.05, 0.1) is 27.7 Å². The molecular weight excluding hydrogens is 270 g/mol. The number of fused-ring (bicyclic) bond motifs is 2. The van der Waals surface area contributed by atoms with Crippen molar-refractivity contribution in [1.29, 1.82) is 0 Å². The number of carbonyl (C=O) groups is 1. The highest BCUT2D eigenvalue weighted by Gasteiger charge is 2.27. The molecule has 0 fully saturated rings. The van der Waals surface area contributed by atoms with Gasteiger partial charge in [-0.25, -0.2) is 9.67 Å². The standard InChI is InChI=1S/C15H13N3OS/c1-9-6-12-10(13(19)7-9)8-16-18(12)15-17-11-4-2-3-5-14(11)20-15/h2-5,8-9H,6-7H2,1H3/t9-/m1/s1. The summed E-state index contributed by atoms with van der Waals surface area (Å²) in [6.07, 6.45) is 3.20. The lowest BCUT2D eigenvalue weighted by atomic mass is 9.88. The molecule has 0 amide bonds. The Bertz CT molecular complexity index is 785. The summed E-state index contributed by atoms with van der Waals surface area (Å²) in [7, 11) is 0. The second kappa shape index (κ2) is 4.24. The Morgan fingerprint density at radius 3 is 3.00 bits per heavy atom. The van der Waals surface area contributed by atoms with Crippen molar-refractivity contribution in [3.63, 3.8) is 0 Å². The summed E-state index contributed by atoms with van der Waals surface area (Å²) < 4.78 is 2.98. The number of carbonyl (C=O) groups excluding carboxylic acids is 1. The fourth-order valence-corrected chi connectivity index (χ4v) is 3.70. The number of aromatic nitrogens is 3. The van der Waals surface area contributed by atoms with E-state index in [0.717, 1.165) is 33.0 Å². The number of benzene rings is 1. The molecule has 0 bridgehead atoms. The van der Waals surface area contributed by atoms with Gasteiger partial charge in [-0.2, -0.15) is 5.10 Å². The van der Waals surface area contributed by atoms with Gasteiger partial charge in [-0.15, -0.1) is 0 Å². The largest absolute Gasteiger partial charge is 0.294 e. The molecule has 5 heteroatoms. The third-order valence-corrected chi connectivity index (χ3v) is 4.72. The molecule has 1 aliphatic carbocycles. The molecule has 0 unspecified atom stereocenters. The smallest absolute Gasteiger partial charge is 0.211 e. The quantitative estimate of drug-likeness (QED) is 0.688. The number of rotatable bonds is 1. The molecule has 0 radical (unpaired) electrons. The Labute approximate surface area is 120 Å². The zero-order valence-electron chi connectivity index (χ0n) is 11.0. The van der Waals surface area contributed by atoms with E-state index in [-0.39, 0.29) is 5.78 Å². The van der Waals surface area contributed by atoms with E-state index >= 15 is 0 Å². The summed E-state index contributed by atoms with van der Waals surface area (Å²) in [6.45, 7) is 2.11. The Morgan fingerprint density at radius 2 is 2.15 bits per heavy atom. The molecule has 4 nitrogen and oxygen atoms in total. The van der Waals surface area contributed by atoms with E-state index in [1.165, 1.54) is 0 Å². The molecule has 2 aromatic heterocycles. The summed E-state index contributed by atoms with van der Waals surface area (Å²) in [5.41, 5.74) is 2.75. The highest BCUT2D eigenvalue weighted by atomic mass is 32.1. The third-order valence-electron chi connectivity index (χ3n) is 3.71. The molecule has 0 N–H and O–H groups in total. The van der Waals surface area contributed by atoms with Gasteiger partial charge >= 0.3 is 0 Å². The van der Waals surface area contributed by atoms with E-state index in [1.54, 1.807) is 17.5 Å². The fraction of sp³-hybridized carbons (Fsp3) is 0.267. The van der Waals surface area contributed by atoms with Gasteiger partial charge in [0.15, 0.2) is 5.78 Å². The van der Waals surface area contributed by atoms with E-state index in [0.29, 0.717) is 12.3 Å². The van der Waals surface area contributed by atoms with Gasteiger partial charge in [-0.05, 0) is 24.5 Å². The molecule has 0 saturated heterocycles. The zero-order chi connectivity index (χ0) is 13.7. The van der Waals surface area contributed by atoms with Crippen LogP contribution in [0, 0.1) is 5.92 Å². The molecular formula is C15H13N3OS. The van der Waals surface area contributed by atoms with Crippen LogP contribution in [0.4, 0.5) is 0 Å². The van der Waals surface area contributed by atoms with Crippen molar-refractivity contribution in [3.05, 3.63) is 41.7 Å². The highest BCUT2D eigenvalue weighted by Crippen LogP contribution is 2.30. The van der Waals surface area contributed by atoms with Crippen molar-refractivity contribution in [3.8, 4) is 5.13 Å². The first-order valence-electron chi connectivity index (χ1n) is 6.68.